The molecular formula is C16H12Cl2N3O2S-. The molecule has 5 nitrogen and oxygen atoms in total. The summed E-state index contributed by atoms with van der Waals surface area (Å²) < 4.78 is 25.4. The highest BCUT2D eigenvalue weighted by Gasteiger charge is 2.11. The van der Waals surface area contributed by atoms with E-state index in [0.29, 0.717) is 15.7 Å². The summed E-state index contributed by atoms with van der Waals surface area (Å²) in [5, 5.41) is 5.46. The molecule has 0 saturated heterocycles. The second kappa shape index (κ2) is 6.94. The van der Waals surface area contributed by atoms with Crippen molar-refractivity contribution in [2.24, 2.45) is 0 Å². The third kappa shape index (κ3) is 3.62. The molecule has 1 atom stereocenters. The van der Waals surface area contributed by atoms with E-state index in [4.69, 9.17) is 23.2 Å². The average molecular weight is 381 g/mol. The van der Waals surface area contributed by atoms with E-state index >= 15 is 0 Å². The zero-order chi connectivity index (χ0) is 17.3. The van der Waals surface area contributed by atoms with Crippen molar-refractivity contribution < 1.29 is 8.76 Å². The van der Waals surface area contributed by atoms with Crippen LogP contribution >= 0.6 is 23.2 Å². The van der Waals surface area contributed by atoms with Gasteiger partial charge in [0.15, 0.2) is 0 Å². The van der Waals surface area contributed by atoms with Crippen LogP contribution in [-0.2, 0) is 11.3 Å². The largest absolute Gasteiger partial charge is 0.755 e. The predicted molar refractivity (Wildman–Crippen MR) is 96.3 cm³/mol. The summed E-state index contributed by atoms with van der Waals surface area (Å²) in [6.45, 7) is 1.90. The van der Waals surface area contributed by atoms with Crippen LogP contribution < -0.4 is 4.72 Å². The SMILES string of the molecule is Cc1cc(-c2ccc(Cl)c(Cl)c2)n(-c2ccc(NS(=O)[O-])cc2)n1. The van der Waals surface area contributed by atoms with E-state index in [1.165, 1.54) is 0 Å². The lowest BCUT2D eigenvalue weighted by atomic mass is 10.1. The fourth-order valence-corrected chi connectivity index (χ4v) is 2.95. The Morgan fingerprint density at radius 2 is 1.79 bits per heavy atom. The maximum Gasteiger partial charge on any atom is 0.0744 e. The van der Waals surface area contributed by atoms with Crippen molar-refractivity contribution in [3.8, 4) is 16.9 Å². The summed E-state index contributed by atoms with van der Waals surface area (Å²) in [6, 6.07) is 14.2. The quantitative estimate of drug-likeness (QED) is 0.683. The molecule has 0 aliphatic carbocycles. The molecule has 3 rings (SSSR count). The second-order valence-electron chi connectivity index (χ2n) is 5.10. The number of nitrogens with one attached hydrogen (secondary N) is 1. The van der Waals surface area contributed by atoms with Crippen LogP contribution in [0.25, 0.3) is 16.9 Å². The van der Waals surface area contributed by atoms with Gasteiger partial charge in [-0.1, -0.05) is 29.3 Å². The number of rotatable bonds is 4. The fourth-order valence-electron chi connectivity index (χ4n) is 2.32. The Balaban J connectivity index is 2.02. The third-order valence-electron chi connectivity index (χ3n) is 3.36. The highest BCUT2D eigenvalue weighted by molar-refractivity contribution is 7.80. The molecule has 0 amide bonds. The van der Waals surface area contributed by atoms with Crippen LogP contribution in [0.5, 0.6) is 0 Å². The summed E-state index contributed by atoms with van der Waals surface area (Å²) in [5.74, 6) is 0. The molecule has 124 valence electrons. The van der Waals surface area contributed by atoms with E-state index in [0.717, 1.165) is 22.6 Å². The third-order valence-corrected chi connectivity index (χ3v) is 4.50. The van der Waals surface area contributed by atoms with Crippen molar-refractivity contribution in [3.63, 3.8) is 0 Å². The maximum absolute atomic E-state index is 10.7. The van der Waals surface area contributed by atoms with Gasteiger partial charge in [0.2, 0.25) is 0 Å². The molecule has 1 N–H and O–H groups in total. The van der Waals surface area contributed by atoms with Gasteiger partial charge in [-0.05, 0) is 49.4 Å². The summed E-state index contributed by atoms with van der Waals surface area (Å²) in [5.41, 5.74) is 3.87. The molecule has 0 saturated carbocycles. The summed E-state index contributed by atoms with van der Waals surface area (Å²) >= 11 is 9.73. The van der Waals surface area contributed by atoms with Gasteiger partial charge in [0.1, 0.15) is 0 Å². The molecule has 1 unspecified atom stereocenters. The molecule has 8 heteroatoms. The van der Waals surface area contributed by atoms with Gasteiger partial charge in [-0.3, -0.25) is 4.21 Å². The number of anilines is 1. The first-order chi connectivity index (χ1) is 11.4. The molecule has 1 heterocycles. The van der Waals surface area contributed by atoms with E-state index in [2.05, 4.69) is 9.82 Å². The Hall–Kier alpha value is -1.86. The maximum atomic E-state index is 10.7. The number of aromatic nitrogens is 2. The van der Waals surface area contributed by atoms with Crippen molar-refractivity contribution in [2.45, 2.75) is 6.92 Å². The molecule has 0 radical (unpaired) electrons. The number of hydrogen-bond donors (Lipinski definition) is 1. The summed E-state index contributed by atoms with van der Waals surface area (Å²) in [6.07, 6.45) is 0. The van der Waals surface area contributed by atoms with E-state index in [1.54, 1.807) is 41.1 Å². The van der Waals surface area contributed by atoms with Crippen molar-refractivity contribution in [1.82, 2.24) is 9.78 Å². The first-order valence-electron chi connectivity index (χ1n) is 6.92. The van der Waals surface area contributed by atoms with Crippen molar-refractivity contribution in [2.75, 3.05) is 4.72 Å². The molecule has 0 fully saturated rings. The van der Waals surface area contributed by atoms with Crippen LogP contribution in [0.15, 0.2) is 48.5 Å². The minimum absolute atomic E-state index is 0.469. The summed E-state index contributed by atoms with van der Waals surface area (Å²) in [4.78, 5) is 0. The Kier molecular flexibility index (Phi) is 4.91. The number of aryl methyl sites for hydroxylation is 1. The lowest BCUT2D eigenvalue weighted by Gasteiger charge is -2.11. The predicted octanol–water partition coefficient (Wildman–Crippen LogP) is 4.36. The molecule has 3 aromatic rings. The van der Waals surface area contributed by atoms with Gasteiger partial charge in [-0.25, -0.2) is 4.68 Å². The van der Waals surface area contributed by atoms with Gasteiger partial charge in [0.05, 0.1) is 27.1 Å². The monoisotopic (exact) mass is 380 g/mol. The average Bonchev–Trinajstić information content (AvgIpc) is 2.92. The smallest absolute Gasteiger partial charge is 0.0744 e. The van der Waals surface area contributed by atoms with Gasteiger partial charge >= 0.3 is 0 Å². The topological polar surface area (TPSA) is 70.0 Å². The van der Waals surface area contributed by atoms with Crippen molar-refractivity contribution in [3.05, 3.63) is 64.3 Å². The van der Waals surface area contributed by atoms with Crippen molar-refractivity contribution >= 4 is 40.2 Å². The molecule has 0 aliphatic heterocycles. The lowest BCUT2D eigenvalue weighted by molar-refractivity contribution is 0.542. The lowest BCUT2D eigenvalue weighted by Crippen LogP contribution is -2.03. The number of hydrogen-bond acceptors (Lipinski definition) is 3. The standard InChI is InChI=1S/C16H13Cl2N3O2S/c1-10-8-16(11-2-7-14(17)15(18)9-11)21(19-10)13-5-3-12(4-6-13)20-24(22)23/h2-9,20H,1H3,(H,22,23)/p-1. The van der Waals surface area contributed by atoms with Crippen molar-refractivity contribution in [1.29, 1.82) is 0 Å². The molecule has 0 bridgehead atoms. The van der Waals surface area contributed by atoms with Gasteiger partial charge in [0, 0.05) is 22.5 Å². The van der Waals surface area contributed by atoms with Crippen LogP contribution in [-0.4, -0.2) is 18.5 Å². The van der Waals surface area contributed by atoms with Gasteiger partial charge in [0.25, 0.3) is 0 Å². The highest BCUT2D eigenvalue weighted by Crippen LogP contribution is 2.30. The molecule has 0 spiro atoms. The zero-order valence-corrected chi connectivity index (χ0v) is 14.8. The number of benzene rings is 2. The van der Waals surface area contributed by atoms with Crippen LogP contribution in [0.1, 0.15) is 5.69 Å². The zero-order valence-electron chi connectivity index (χ0n) is 12.5. The Morgan fingerprint density at radius 1 is 1.08 bits per heavy atom. The molecular weight excluding hydrogens is 369 g/mol. The van der Waals surface area contributed by atoms with Crippen LogP contribution in [0, 0.1) is 6.92 Å². The second-order valence-corrected chi connectivity index (χ2v) is 6.58. The normalized spacial score (nSPS) is 12.2. The fraction of sp³-hybridized carbons (Fsp3) is 0.0625. The van der Waals surface area contributed by atoms with E-state index in [9.17, 15) is 8.76 Å². The Bertz CT molecular complexity index is 910. The first-order valence-corrected chi connectivity index (χ1v) is 8.75. The van der Waals surface area contributed by atoms with Crippen LogP contribution in [0.4, 0.5) is 5.69 Å². The van der Waals surface area contributed by atoms with Crippen LogP contribution in [0.2, 0.25) is 10.0 Å². The van der Waals surface area contributed by atoms with E-state index in [-0.39, 0.29) is 0 Å². The highest BCUT2D eigenvalue weighted by atomic mass is 35.5. The summed E-state index contributed by atoms with van der Waals surface area (Å²) in [7, 11) is 0. The Labute approximate surface area is 151 Å². The molecule has 0 aliphatic rings. The molecule has 1 aromatic heterocycles. The number of halogens is 2. The van der Waals surface area contributed by atoms with Gasteiger partial charge in [-0.2, -0.15) is 5.10 Å². The van der Waals surface area contributed by atoms with E-state index < -0.39 is 11.3 Å². The minimum Gasteiger partial charge on any atom is -0.755 e. The first kappa shape index (κ1) is 17.0. The van der Waals surface area contributed by atoms with Gasteiger partial charge in [-0.15, -0.1) is 0 Å². The van der Waals surface area contributed by atoms with E-state index in [1.807, 2.05) is 19.1 Å². The molecule has 2 aromatic carbocycles. The van der Waals surface area contributed by atoms with Crippen LogP contribution in [0.3, 0.4) is 0 Å². The van der Waals surface area contributed by atoms with Gasteiger partial charge < -0.3 is 9.27 Å². The Morgan fingerprint density at radius 3 is 2.42 bits per heavy atom. The number of nitrogens with zero attached hydrogens (tertiary/aromatic N) is 2. The molecule has 24 heavy (non-hydrogen) atoms. The minimum atomic E-state index is -2.35.